The second-order valence-electron chi connectivity index (χ2n) is 6.94. The average Bonchev–Trinajstić information content (AvgIpc) is 2.70. The molecule has 0 unspecified atom stereocenters. The lowest BCUT2D eigenvalue weighted by Crippen LogP contribution is -2.52. The zero-order valence-corrected chi connectivity index (χ0v) is 13.2. The number of hydrogen-bond acceptors (Lipinski definition) is 2. The van der Waals surface area contributed by atoms with Gasteiger partial charge in [-0.05, 0) is 37.0 Å². The van der Waals surface area contributed by atoms with Crippen molar-refractivity contribution in [3.05, 3.63) is 12.2 Å². The molecule has 0 aromatic carbocycles. The molecule has 1 amide bonds. The molecule has 0 aliphatic carbocycles. The van der Waals surface area contributed by atoms with Gasteiger partial charge in [-0.1, -0.05) is 20.8 Å². The van der Waals surface area contributed by atoms with E-state index in [-0.39, 0.29) is 23.1 Å². The van der Waals surface area contributed by atoms with Crippen molar-refractivity contribution in [2.45, 2.75) is 63.9 Å². The molecule has 4 heteroatoms. The highest BCUT2D eigenvalue weighted by Crippen LogP contribution is 2.39. The number of hydrogen-bond donors (Lipinski definition) is 0. The van der Waals surface area contributed by atoms with E-state index in [0.29, 0.717) is 0 Å². The Bertz CT molecular complexity index is 370. The molecule has 3 nitrogen and oxygen atoms in total. The molecular formula is C14H25NO2Si. The van der Waals surface area contributed by atoms with E-state index in [1.807, 2.05) is 11.0 Å². The summed E-state index contributed by atoms with van der Waals surface area (Å²) >= 11 is 0. The molecule has 0 bridgehead atoms. The molecule has 2 atom stereocenters. The Morgan fingerprint density at radius 1 is 1.39 bits per heavy atom. The molecule has 0 radical (unpaired) electrons. The normalized spacial score (nSPS) is 28.7. The van der Waals surface area contributed by atoms with Gasteiger partial charge in [0.15, 0.2) is 8.32 Å². The summed E-state index contributed by atoms with van der Waals surface area (Å²) in [5, 5.41) is 0.214. The smallest absolute Gasteiger partial charge is 0.246 e. The molecule has 2 aliphatic rings. The Kier molecular flexibility index (Phi) is 3.45. The summed E-state index contributed by atoms with van der Waals surface area (Å²) in [5.41, 5.74) is 0. The molecule has 2 rings (SSSR count). The Morgan fingerprint density at radius 2 is 2.06 bits per heavy atom. The van der Waals surface area contributed by atoms with Gasteiger partial charge in [0.05, 0.1) is 12.1 Å². The van der Waals surface area contributed by atoms with E-state index < -0.39 is 8.32 Å². The number of carbonyl (C=O) groups is 1. The number of fused-ring (bicyclic) bond motifs is 1. The Balaban J connectivity index is 2.15. The van der Waals surface area contributed by atoms with Crippen molar-refractivity contribution in [3.63, 3.8) is 0 Å². The van der Waals surface area contributed by atoms with Crippen LogP contribution in [0.15, 0.2) is 12.2 Å². The second kappa shape index (κ2) is 4.49. The van der Waals surface area contributed by atoms with Crippen LogP contribution in [0.5, 0.6) is 0 Å². The summed E-state index contributed by atoms with van der Waals surface area (Å²) in [4.78, 5) is 13.8. The van der Waals surface area contributed by atoms with Crippen LogP contribution in [0.1, 0.15) is 33.6 Å². The van der Waals surface area contributed by atoms with Crippen LogP contribution in [-0.2, 0) is 9.22 Å². The molecular weight excluding hydrogens is 242 g/mol. The minimum absolute atomic E-state index is 0.103. The third-order valence-electron chi connectivity index (χ3n) is 4.63. The van der Waals surface area contributed by atoms with Gasteiger partial charge in [0.1, 0.15) is 0 Å². The van der Waals surface area contributed by atoms with Crippen molar-refractivity contribution in [2.75, 3.05) is 6.54 Å². The van der Waals surface area contributed by atoms with E-state index in [1.54, 1.807) is 6.08 Å². The topological polar surface area (TPSA) is 29.5 Å². The molecule has 0 saturated carbocycles. The van der Waals surface area contributed by atoms with Crippen molar-refractivity contribution in [2.24, 2.45) is 0 Å². The summed E-state index contributed by atoms with van der Waals surface area (Å²) in [7, 11) is -1.76. The van der Waals surface area contributed by atoms with E-state index in [0.717, 1.165) is 19.4 Å². The summed E-state index contributed by atoms with van der Waals surface area (Å²) in [6.45, 7) is 12.2. The summed E-state index contributed by atoms with van der Waals surface area (Å²) in [6.07, 6.45) is 5.96. The first kappa shape index (κ1) is 13.8. The summed E-state index contributed by atoms with van der Waals surface area (Å²) < 4.78 is 6.46. The highest BCUT2D eigenvalue weighted by Gasteiger charge is 2.43. The highest BCUT2D eigenvalue weighted by molar-refractivity contribution is 6.74. The summed E-state index contributed by atoms with van der Waals surface area (Å²) in [5.74, 6) is 0.160. The van der Waals surface area contributed by atoms with Gasteiger partial charge in [0.2, 0.25) is 5.91 Å². The Morgan fingerprint density at radius 3 is 2.67 bits per heavy atom. The number of rotatable bonds is 2. The minimum Gasteiger partial charge on any atom is -0.408 e. The number of carbonyl (C=O) groups excluding carboxylic acids is 1. The minimum atomic E-state index is -1.76. The first-order valence-electron chi connectivity index (χ1n) is 6.89. The van der Waals surface area contributed by atoms with Crippen LogP contribution in [0.3, 0.4) is 0 Å². The number of nitrogens with zero attached hydrogens (tertiary/aromatic N) is 1. The van der Waals surface area contributed by atoms with Crippen LogP contribution in [-0.4, -0.2) is 37.8 Å². The standard InChI is InChI=1S/C14H25NO2Si/c1-14(2,3)18(4,5)17-12-8-9-13(16)15-10-6-7-11(12)15/h8-9,11-12H,6-7,10H2,1-5H3/t11-,12+/m0/s1. The van der Waals surface area contributed by atoms with Gasteiger partial charge >= 0.3 is 0 Å². The highest BCUT2D eigenvalue weighted by atomic mass is 28.4. The predicted octanol–water partition coefficient (Wildman–Crippen LogP) is 2.94. The molecule has 102 valence electrons. The van der Waals surface area contributed by atoms with Crippen LogP contribution in [0.2, 0.25) is 18.1 Å². The van der Waals surface area contributed by atoms with Gasteiger partial charge in [0.25, 0.3) is 0 Å². The lowest BCUT2D eigenvalue weighted by molar-refractivity contribution is -0.129. The molecule has 1 saturated heterocycles. The lowest BCUT2D eigenvalue weighted by atomic mass is 10.1. The van der Waals surface area contributed by atoms with Gasteiger partial charge in [-0.2, -0.15) is 0 Å². The van der Waals surface area contributed by atoms with Crippen molar-refractivity contribution in [1.29, 1.82) is 0 Å². The zero-order chi connectivity index (χ0) is 13.6. The largest absolute Gasteiger partial charge is 0.408 e. The van der Waals surface area contributed by atoms with Crippen molar-refractivity contribution in [1.82, 2.24) is 4.90 Å². The molecule has 2 heterocycles. The maximum Gasteiger partial charge on any atom is 0.246 e. The van der Waals surface area contributed by atoms with E-state index in [1.165, 1.54) is 0 Å². The maximum atomic E-state index is 11.8. The van der Waals surface area contributed by atoms with Crippen LogP contribution in [0.4, 0.5) is 0 Å². The molecule has 2 aliphatic heterocycles. The van der Waals surface area contributed by atoms with Crippen LogP contribution in [0.25, 0.3) is 0 Å². The first-order chi connectivity index (χ1) is 8.22. The number of amides is 1. The monoisotopic (exact) mass is 267 g/mol. The third kappa shape index (κ3) is 2.41. The van der Waals surface area contributed by atoms with Crippen LogP contribution >= 0.6 is 0 Å². The Hall–Kier alpha value is -0.613. The van der Waals surface area contributed by atoms with Gasteiger partial charge in [-0.15, -0.1) is 0 Å². The predicted molar refractivity (Wildman–Crippen MR) is 75.9 cm³/mol. The van der Waals surface area contributed by atoms with E-state index in [4.69, 9.17) is 4.43 Å². The van der Waals surface area contributed by atoms with Crippen molar-refractivity contribution < 1.29 is 9.22 Å². The molecule has 1 fully saturated rings. The zero-order valence-electron chi connectivity index (χ0n) is 12.2. The van der Waals surface area contributed by atoms with E-state index >= 15 is 0 Å². The quantitative estimate of drug-likeness (QED) is 0.720. The fraction of sp³-hybridized carbons (Fsp3) is 0.786. The SMILES string of the molecule is CC(C)(C)[Si](C)(C)O[C@@H]1C=CC(=O)N2CCC[C@@H]12. The van der Waals surface area contributed by atoms with Gasteiger partial charge in [-0.3, -0.25) is 4.79 Å². The van der Waals surface area contributed by atoms with E-state index in [9.17, 15) is 4.79 Å². The van der Waals surface area contributed by atoms with Crippen LogP contribution < -0.4 is 0 Å². The van der Waals surface area contributed by atoms with E-state index in [2.05, 4.69) is 33.9 Å². The van der Waals surface area contributed by atoms with Crippen LogP contribution in [0, 0.1) is 0 Å². The van der Waals surface area contributed by atoms with Crippen molar-refractivity contribution >= 4 is 14.2 Å². The van der Waals surface area contributed by atoms with Gasteiger partial charge < -0.3 is 9.33 Å². The lowest BCUT2D eigenvalue weighted by Gasteiger charge is -2.42. The third-order valence-corrected chi connectivity index (χ3v) is 9.10. The van der Waals surface area contributed by atoms with Crippen molar-refractivity contribution in [3.8, 4) is 0 Å². The molecule has 0 spiro atoms. The molecule has 0 N–H and O–H groups in total. The molecule has 0 aromatic heterocycles. The first-order valence-corrected chi connectivity index (χ1v) is 9.80. The fourth-order valence-corrected chi connectivity index (χ4v) is 3.71. The summed E-state index contributed by atoms with van der Waals surface area (Å²) in [6, 6.07) is 0.275. The fourth-order valence-electron chi connectivity index (χ4n) is 2.44. The Labute approximate surface area is 111 Å². The maximum absolute atomic E-state index is 11.8. The molecule has 18 heavy (non-hydrogen) atoms. The molecule has 0 aromatic rings. The van der Waals surface area contributed by atoms with Gasteiger partial charge in [-0.25, -0.2) is 0 Å². The average molecular weight is 267 g/mol. The second-order valence-corrected chi connectivity index (χ2v) is 11.7. The van der Waals surface area contributed by atoms with Gasteiger partial charge in [0, 0.05) is 12.6 Å².